The first-order valence-electron chi connectivity index (χ1n) is 6.04. The molecule has 0 radical (unpaired) electrons. The highest BCUT2D eigenvalue weighted by atomic mass is 16.6. The first-order valence-corrected chi connectivity index (χ1v) is 6.04. The third kappa shape index (κ3) is 6.31. The Balaban J connectivity index is 5.65. The highest BCUT2D eigenvalue weighted by Gasteiger charge is 2.43. The molecule has 0 aliphatic carbocycles. The van der Waals surface area contributed by atoms with E-state index in [-0.39, 0.29) is 6.29 Å². The number of rotatable bonds is 8. The molecule has 3 N–H and O–H groups in total. The molecule has 0 fully saturated rings. The van der Waals surface area contributed by atoms with Crippen molar-refractivity contribution in [3.63, 3.8) is 0 Å². The fourth-order valence-corrected chi connectivity index (χ4v) is 1.54. The SMILES string of the molecule is CC(=O)O[C@H]([C@@H](OC(C)=O)[C@@H](O)C(N)=O)[C@@H](C=O)OC(C)=O. The first-order chi connectivity index (χ1) is 10.1. The monoisotopic (exact) mass is 319 g/mol. The zero-order valence-corrected chi connectivity index (χ0v) is 12.2. The summed E-state index contributed by atoms with van der Waals surface area (Å²) in [5.41, 5.74) is 4.91. The van der Waals surface area contributed by atoms with Gasteiger partial charge in [0.2, 0.25) is 5.91 Å². The number of carbonyl (C=O) groups is 5. The molecule has 0 bridgehead atoms. The Hall–Kier alpha value is -2.49. The summed E-state index contributed by atoms with van der Waals surface area (Å²) in [6, 6.07) is 0. The van der Waals surface area contributed by atoms with E-state index >= 15 is 0 Å². The topological polar surface area (TPSA) is 159 Å². The van der Waals surface area contributed by atoms with Gasteiger partial charge in [-0.05, 0) is 0 Å². The molecule has 10 heteroatoms. The summed E-state index contributed by atoms with van der Waals surface area (Å²) in [4.78, 5) is 55.3. The van der Waals surface area contributed by atoms with Gasteiger partial charge in [-0.25, -0.2) is 0 Å². The van der Waals surface area contributed by atoms with Crippen molar-refractivity contribution < 1.29 is 43.3 Å². The summed E-state index contributed by atoms with van der Waals surface area (Å²) in [7, 11) is 0. The van der Waals surface area contributed by atoms with Crippen molar-refractivity contribution in [2.75, 3.05) is 0 Å². The molecule has 0 rings (SSSR count). The largest absolute Gasteiger partial charge is 0.455 e. The van der Waals surface area contributed by atoms with Crippen LogP contribution in [0.5, 0.6) is 0 Å². The second-order valence-corrected chi connectivity index (χ2v) is 4.21. The lowest BCUT2D eigenvalue weighted by atomic mass is 10.0. The molecule has 22 heavy (non-hydrogen) atoms. The molecule has 124 valence electrons. The van der Waals surface area contributed by atoms with Gasteiger partial charge >= 0.3 is 17.9 Å². The van der Waals surface area contributed by atoms with Gasteiger partial charge in [0.05, 0.1) is 0 Å². The van der Waals surface area contributed by atoms with Crippen molar-refractivity contribution in [2.24, 2.45) is 5.73 Å². The van der Waals surface area contributed by atoms with Crippen molar-refractivity contribution in [1.29, 1.82) is 0 Å². The molecule has 0 saturated heterocycles. The molecule has 0 aliphatic heterocycles. The van der Waals surface area contributed by atoms with Gasteiger partial charge < -0.3 is 25.1 Å². The average molecular weight is 319 g/mol. The predicted molar refractivity (Wildman–Crippen MR) is 67.9 cm³/mol. The Bertz CT molecular complexity index is 462. The molecule has 4 atom stereocenters. The second kappa shape index (κ2) is 8.72. The van der Waals surface area contributed by atoms with Crippen LogP contribution in [0.4, 0.5) is 0 Å². The Morgan fingerprint density at radius 1 is 0.909 bits per heavy atom. The smallest absolute Gasteiger partial charge is 0.303 e. The Morgan fingerprint density at radius 3 is 1.64 bits per heavy atom. The van der Waals surface area contributed by atoms with Gasteiger partial charge in [0.15, 0.2) is 30.7 Å². The highest BCUT2D eigenvalue weighted by Crippen LogP contribution is 2.16. The van der Waals surface area contributed by atoms with E-state index < -0.39 is 48.2 Å². The quantitative estimate of drug-likeness (QED) is 0.288. The van der Waals surface area contributed by atoms with Crippen LogP contribution in [0.1, 0.15) is 20.8 Å². The van der Waals surface area contributed by atoms with Crippen molar-refractivity contribution in [3.05, 3.63) is 0 Å². The predicted octanol–water partition coefficient (Wildman–Crippen LogP) is -2.17. The van der Waals surface area contributed by atoms with E-state index in [2.05, 4.69) is 9.47 Å². The number of esters is 3. The fourth-order valence-electron chi connectivity index (χ4n) is 1.54. The minimum absolute atomic E-state index is 0.0964. The van der Waals surface area contributed by atoms with Gasteiger partial charge in [-0.15, -0.1) is 0 Å². The third-order valence-corrected chi connectivity index (χ3v) is 2.29. The van der Waals surface area contributed by atoms with Crippen LogP contribution in [0.3, 0.4) is 0 Å². The van der Waals surface area contributed by atoms with Gasteiger partial charge in [-0.1, -0.05) is 0 Å². The molecule has 0 saturated carbocycles. The van der Waals surface area contributed by atoms with Crippen molar-refractivity contribution in [1.82, 2.24) is 0 Å². The first kappa shape index (κ1) is 19.5. The number of aldehydes is 1. The molecule has 0 spiro atoms. The number of nitrogens with two attached hydrogens (primary N) is 1. The van der Waals surface area contributed by atoms with E-state index in [1.807, 2.05) is 0 Å². The average Bonchev–Trinajstić information content (AvgIpc) is 2.38. The molecule has 0 aromatic rings. The number of hydrogen-bond donors (Lipinski definition) is 2. The molecule has 10 nitrogen and oxygen atoms in total. The Labute approximate surface area is 125 Å². The van der Waals surface area contributed by atoms with Crippen LogP contribution in [0.25, 0.3) is 0 Å². The maximum atomic E-state index is 11.1. The second-order valence-electron chi connectivity index (χ2n) is 4.21. The van der Waals surface area contributed by atoms with Crippen LogP contribution in [-0.4, -0.2) is 59.6 Å². The summed E-state index contributed by atoms with van der Waals surface area (Å²) < 4.78 is 14.0. The number of primary amides is 1. The summed E-state index contributed by atoms with van der Waals surface area (Å²) in [5, 5.41) is 9.70. The zero-order valence-electron chi connectivity index (χ0n) is 12.2. The van der Waals surface area contributed by atoms with Gasteiger partial charge in [0.1, 0.15) is 0 Å². The van der Waals surface area contributed by atoms with Crippen LogP contribution in [-0.2, 0) is 38.2 Å². The molecular formula is C12H17NO9. The molecule has 0 aromatic carbocycles. The lowest BCUT2D eigenvalue weighted by Crippen LogP contribution is -2.54. The van der Waals surface area contributed by atoms with Crippen LogP contribution in [0.15, 0.2) is 0 Å². The van der Waals surface area contributed by atoms with Crippen molar-refractivity contribution in [3.8, 4) is 0 Å². The van der Waals surface area contributed by atoms with E-state index in [9.17, 15) is 29.1 Å². The lowest BCUT2D eigenvalue weighted by Gasteiger charge is -2.31. The van der Waals surface area contributed by atoms with E-state index in [0.29, 0.717) is 0 Å². The van der Waals surface area contributed by atoms with Gasteiger partial charge in [-0.2, -0.15) is 0 Å². The summed E-state index contributed by atoms with van der Waals surface area (Å²) >= 11 is 0. The minimum atomic E-state index is -2.09. The number of carbonyl (C=O) groups excluding carboxylic acids is 5. The van der Waals surface area contributed by atoms with Crippen LogP contribution in [0, 0.1) is 0 Å². The summed E-state index contributed by atoms with van der Waals surface area (Å²) in [5.74, 6) is -4.08. The van der Waals surface area contributed by atoms with Crippen LogP contribution < -0.4 is 5.73 Å². The molecule has 1 amide bonds. The van der Waals surface area contributed by atoms with Crippen LogP contribution in [0.2, 0.25) is 0 Å². The number of aliphatic hydroxyl groups is 1. The fraction of sp³-hybridized carbons (Fsp3) is 0.583. The molecule has 0 aromatic heterocycles. The van der Waals surface area contributed by atoms with Gasteiger partial charge in [-0.3, -0.25) is 24.0 Å². The Kier molecular flexibility index (Phi) is 7.73. The van der Waals surface area contributed by atoms with E-state index in [1.54, 1.807) is 0 Å². The molecular weight excluding hydrogens is 302 g/mol. The van der Waals surface area contributed by atoms with Crippen molar-refractivity contribution in [2.45, 2.75) is 45.2 Å². The maximum absolute atomic E-state index is 11.1. The summed E-state index contributed by atoms with van der Waals surface area (Å²) in [6.07, 6.45) is -7.27. The number of hydrogen-bond acceptors (Lipinski definition) is 9. The zero-order chi connectivity index (χ0) is 17.4. The Morgan fingerprint density at radius 2 is 1.32 bits per heavy atom. The van der Waals surface area contributed by atoms with Gasteiger partial charge in [0.25, 0.3) is 0 Å². The summed E-state index contributed by atoms with van der Waals surface area (Å²) in [6.45, 7) is 2.89. The van der Waals surface area contributed by atoms with E-state index in [0.717, 1.165) is 20.8 Å². The van der Waals surface area contributed by atoms with Crippen LogP contribution >= 0.6 is 0 Å². The number of aliphatic hydroxyl groups excluding tert-OH is 1. The standard InChI is InChI=1S/C12H17NO9/c1-5(15)20-8(4-14)10(21-6(2)16)11(22-7(3)17)9(18)12(13)19/h4,8-11,18H,1-3H3,(H2,13,19)/t8-,9-,10+,11+/m1/s1. The lowest BCUT2D eigenvalue weighted by molar-refractivity contribution is -0.192. The van der Waals surface area contributed by atoms with E-state index in [1.165, 1.54) is 0 Å². The molecule has 0 aliphatic rings. The maximum Gasteiger partial charge on any atom is 0.303 e. The van der Waals surface area contributed by atoms with Crippen molar-refractivity contribution >= 4 is 30.1 Å². The third-order valence-electron chi connectivity index (χ3n) is 2.29. The highest BCUT2D eigenvalue weighted by molar-refractivity contribution is 5.80. The minimum Gasteiger partial charge on any atom is -0.455 e. The molecule has 0 heterocycles. The number of amides is 1. The molecule has 0 unspecified atom stereocenters. The number of ether oxygens (including phenoxy) is 3. The normalized spacial score (nSPS) is 15.6. The van der Waals surface area contributed by atoms with Gasteiger partial charge in [0, 0.05) is 20.8 Å². The van der Waals surface area contributed by atoms with E-state index in [4.69, 9.17) is 10.5 Å².